The van der Waals surface area contributed by atoms with Crippen molar-refractivity contribution < 1.29 is 26.4 Å². The third kappa shape index (κ3) is 6.62. The first kappa shape index (κ1) is 34.1. The normalized spacial score (nSPS) is 20.3. The van der Waals surface area contributed by atoms with Gasteiger partial charge in [0.1, 0.15) is 27.9 Å². The fourth-order valence-electron chi connectivity index (χ4n) is 7.97. The topological polar surface area (TPSA) is 102 Å². The van der Waals surface area contributed by atoms with Crippen LogP contribution in [0.3, 0.4) is 0 Å². The Morgan fingerprint density at radius 2 is 1.77 bits per heavy atom. The summed E-state index contributed by atoms with van der Waals surface area (Å²) in [4.78, 5) is 21.2. The molecular formula is C36H42F3N5O3S. The van der Waals surface area contributed by atoms with Crippen LogP contribution in [0.4, 0.5) is 13.2 Å². The number of primary sulfonamides is 1. The third-order valence-corrected chi connectivity index (χ3v) is 11.4. The highest BCUT2D eigenvalue weighted by molar-refractivity contribution is 7.89. The summed E-state index contributed by atoms with van der Waals surface area (Å²) < 4.78 is 70.6. The number of amides is 1. The number of piperidine rings is 2. The molecule has 0 saturated carbocycles. The second kappa shape index (κ2) is 13.6. The first-order valence-electron chi connectivity index (χ1n) is 16.7. The first-order chi connectivity index (χ1) is 22.9. The number of para-hydroxylation sites is 2. The average molecular weight is 682 g/mol. The molecule has 1 aromatic heterocycles. The molecule has 2 saturated heterocycles. The van der Waals surface area contributed by atoms with Crippen molar-refractivity contribution in [3.63, 3.8) is 0 Å². The van der Waals surface area contributed by atoms with Crippen LogP contribution in [0.5, 0.6) is 0 Å². The van der Waals surface area contributed by atoms with Gasteiger partial charge in [0.2, 0.25) is 10.0 Å². The van der Waals surface area contributed by atoms with Gasteiger partial charge in [-0.25, -0.2) is 31.7 Å². The second-order valence-corrected chi connectivity index (χ2v) is 14.8. The highest BCUT2D eigenvalue weighted by Gasteiger charge is 2.40. The van der Waals surface area contributed by atoms with E-state index in [9.17, 15) is 22.0 Å². The van der Waals surface area contributed by atoms with Crippen LogP contribution in [0, 0.1) is 24.4 Å². The lowest BCUT2D eigenvalue weighted by Gasteiger charge is -2.46. The van der Waals surface area contributed by atoms with Crippen LogP contribution in [0.25, 0.3) is 11.0 Å². The van der Waals surface area contributed by atoms with Gasteiger partial charge in [0.25, 0.3) is 5.91 Å². The Morgan fingerprint density at radius 3 is 2.48 bits per heavy atom. The van der Waals surface area contributed by atoms with E-state index < -0.39 is 43.4 Å². The highest BCUT2D eigenvalue weighted by Crippen LogP contribution is 2.41. The number of imidazole rings is 1. The number of fused-ring (bicyclic) bond motifs is 1. The van der Waals surface area contributed by atoms with Crippen molar-refractivity contribution in [1.29, 1.82) is 0 Å². The molecule has 0 aliphatic carbocycles. The quantitative estimate of drug-likeness (QED) is 0.218. The lowest BCUT2D eigenvalue weighted by atomic mass is 9.70. The maximum Gasteiger partial charge on any atom is 0.259 e. The second-order valence-electron chi connectivity index (χ2n) is 13.3. The summed E-state index contributed by atoms with van der Waals surface area (Å²) in [5, 5.41) is 5.10. The van der Waals surface area contributed by atoms with Crippen molar-refractivity contribution in [1.82, 2.24) is 19.4 Å². The molecule has 3 aromatic carbocycles. The van der Waals surface area contributed by atoms with E-state index in [1.807, 2.05) is 12.1 Å². The molecule has 0 spiro atoms. The minimum atomic E-state index is -4.51. The van der Waals surface area contributed by atoms with Crippen molar-refractivity contribution >= 4 is 27.0 Å². The van der Waals surface area contributed by atoms with E-state index in [2.05, 4.69) is 41.5 Å². The summed E-state index contributed by atoms with van der Waals surface area (Å²) in [7, 11) is -4.51. The van der Waals surface area contributed by atoms with Crippen LogP contribution in [0.15, 0.2) is 65.6 Å². The predicted molar refractivity (Wildman–Crippen MR) is 179 cm³/mol. The minimum Gasteiger partial charge on any atom is -0.338 e. The van der Waals surface area contributed by atoms with Gasteiger partial charge in [0, 0.05) is 31.7 Å². The largest absolute Gasteiger partial charge is 0.338 e. The van der Waals surface area contributed by atoms with E-state index in [-0.39, 0.29) is 18.9 Å². The molecule has 2 aliphatic heterocycles. The Balaban J connectivity index is 1.21. The van der Waals surface area contributed by atoms with E-state index >= 15 is 4.39 Å². The van der Waals surface area contributed by atoms with Gasteiger partial charge < -0.3 is 14.4 Å². The maximum absolute atomic E-state index is 15.1. The van der Waals surface area contributed by atoms with E-state index in [1.54, 1.807) is 12.1 Å². The number of rotatable bonds is 9. The van der Waals surface area contributed by atoms with Gasteiger partial charge >= 0.3 is 0 Å². The summed E-state index contributed by atoms with van der Waals surface area (Å²) >= 11 is 0. The molecule has 6 rings (SSSR count). The number of hydrogen-bond acceptors (Lipinski definition) is 5. The van der Waals surface area contributed by atoms with Crippen molar-refractivity contribution in [2.75, 3.05) is 26.2 Å². The Bertz CT molecular complexity index is 1920. The Hall–Kier alpha value is -3.74. The van der Waals surface area contributed by atoms with E-state index in [0.29, 0.717) is 24.9 Å². The number of nitrogens with zero attached hydrogens (tertiary/aromatic N) is 4. The summed E-state index contributed by atoms with van der Waals surface area (Å²) in [6.45, 7) is 6.30. The highest BCUT2D eigenvalue weighted by atomic mass is 32.2. The Morgan fingerprint density at radius 1 is 1.02 bits per heavy atom. The SMILES string of the molecule is CCC[C@@H]1C[C@H](n2c(C)nc3ccccc32)CCN1CCC1(c2cccc(F)c2)CCN(C(=O)c2c(F)ccc(S(N)(=O)=O)c2F)CC1. The molecule has 4 aromatic rings. The number of likely N-dealkylation sites (tertiary alicyclic amines) is 2. The molecule has 2 N–H and O–H groups in total. The van der Waals surface area contributed by atoms with Crippen molar-refractivity contribution in [3.8, 4) is 0 Å². The molecule has 3 heterocycles. The fourth-order valence-corrected chi connectivity index (χ4v) is 8.58. The maximum atomic E-state index is 15.1. The zero-order chi connectivity index (χ0) is 34.2. The Kier molecular flexibility index (Phi) is 9.70. The molecule has 256 valence electrons. The van der Waals surface area contributed by atoms with E-state index in [0.717, 1.165) is 79.7 Å². The zero-order valence-corrected chi connectivity index (χ0v) is 28.2. The van der Waals surface area contributed by atoms with Crippen molar-refractivity contribution in [3.05, 3.63) is 95.1 Å². The van der Waals surface area contributed by atoms with Crippen molar-refractivity contribution in [2.45, 2.75) is 81.2 Å². The number of aryl methyl sites for hydroxylation is 1. The molecule has 2 aliphatic rings. The number of hydrogen-bond donors (Lipinski definition) is 1. The number of aromatic nitrogens is 2. The van der Waals surface area contributed by atoms with Crippen LogP contribution in [0.2, 0.25) is 0 Å². The number of carbonyl (C=O) groups excluding carboxylic acids is 1. The van der Waals surface area contributed by atoms with Crippen LogP contribution in [0.1, 0.15) is 79.7 Å². The van der Waals surface area contributed by atoms with Crippen LogP contribution in [-0.2, 0) is 15.4 Å². The summed E-state index contributed by atoms with van der Waals surface area (Å²) in [5.74, 6) is -2.91. The van der Waals surface area contributed by atoms with Gasteiger partial charge in [-0.2, -0.15) is 0 Å². The summed E-state index contributed by atoms with van der Waals surface area (Å²) in [5.41, 5.74) is 1.60. The number of halogens is 3. The van der Waals surface area contributed by atoms with Gasteiger partial charge in [-0.05, 0) is 99.4 Å². The Labute approximate surface area is 279 Å². The first-order valence-corrected chi connectivity index (χ1v) is 18.2. The summed E-state index contributed by atoms with van der Waals surface area (Å²) in [6.07, 6.45) is 5.70. The van der Waals surface area contributed by atoms with E-state index in [1.165, 1.54) is 11.0 Å². The van der Waals surface area contributed by atoms with Crippen molar-refractivity contribution in [2.24, 2.45) is 5.14 Å². The van der Waals surface area contributed by atoms with Gasteiger partial charge in [0.05, 0.1) is 11.0 Å². The molecule has 8 nitrogen and oxygen atoms in total. The van der Waals surface area contributed by atoms with Gasteiger partial charge in [0.15, 0.2) is 5.82 Å². The molecule has 0 bridgehead atoms. The standard InChI is InChI=1S/C36H42F3N5O3S/c1-3-7-27-23-28(44-24(2)41-30-10-4-5-11-31(30)44)14-18-42(27)19-15-36(25-8-6-9-26(37)22-25)16-20-43(21-17-36)35(45)33-29(38)12-13-32(34(33)39)48(40,46)47/h4-6,8-13,22,27-28H,3,7,14-21,23H2,1-2H3,(H2,40,46,47)/t27-,28-/m1/s1. The number of carbonyl (C=O) groups is 1. The fraction of sp³-hybridized carbons (Fsp3) is 0.444. The number of benzene rings is 3. The zero-order valence-electron chi connectivity index (χ0n) is 27.3. The molecule has 1 amide bonds. The van der Waals surface area contributed by atoms with Crippen LogP contribution in [-0.4, -0.2) is 65.9 Å². The van der Waals surface area contributed by atoms with Crippen LogP contribution >= 0.6 is 0 Å². The van der Waals surface area contributed by atoms with E-state index in [4.69, 9.17) is 10.1 Å². The third-order valence-electron chi connectivity index (χ3n) is 10.5. The minimum absolute atomic E-state index is 0.168. The monoisotopic (exact) mass is 681 g/mol. The number of sulfonamides is 1. The average Bonchev–Trinajstić information content (AvgIpc) is 3.39. The number of nitrogens with two attached hydrogens (primary N) is 1. The van der Waals surface area contributed by atoms with Gasteiger partial charge in [-0.1, -0.05) is 37.6 Å². The lowest BCUT2D eigenvalue weighted by molar-refractivity contribution is 0.0600. The van der Waals surface area contributed by atoms with Gasteiger partial charge in [-0.15, -0.1) is 0 Å². The lowest BCUT2D eigenvalue weighted by Crippen LogP contribution is -2.49. The smallest absolute Gasteiger partial charge is 0.259 e. The molecule has 48 heavy (non-hydrogen) atoms. The molecule has 0 radical (unpaired) electrons. The predicted octanol–water partition coefficient (Wildman–Crippen LogP) is 6.48. The molecule has 0 unspecified atom stereocenters. The van der Waals surface area contributed by atoms with Crippen LogP contribution < -0.4 is 5.14 Å². The van der Waals surface area contributed by atoms with Gasteiger partial charge in [-0.3, -0.25) is 4.79 Å². The summed E-state index contributed by atoms with van der Waals surface area (Å²) in [6, 6.07) is 17.0. The molecule has 12 heteroatoms. The molecule has 2 fully saturated rings. The molecular weight excluding hydrogens is 639 g/mol. The molecule has 2 atom stereocenters.